The van der Waals surface area contributed by atoms with Gasteiger partial charge < -0.3 is 19.8 Å². The number of piperidine rings is 1. The second kappa shape index (κ2) is 9.75. The molecular formula is C18H26ClN3O3. The van der Waals surface area contributed by atoms with Crippen LogP contribution in [0.2, 0.25) is 0 Å². The predicted octanol–water partition coefficient (Wildman–Crippen LogP) is 3.16. The number of anilines is 1. The molecule has 3 rings (SSSR count). The minimum Gasteiger partial charge on any atom is -0.441 e. The zero-order valence-corrected chi connectivity index (χ0v) is 15.4. The van der Waals surface area contributed by atoms with E-state index in [0.29, 0.717) is 31.3 Å². The lowest BCUT2D eigenvalue weighted by Crippen LogP contribution is -2.28. The maximum absolute atomic E-state index is 12.2. The first-order chi connectivity index (χ1) is 11.7. The van der Waals surface area contributed by atoms with Gasteiger partial charge in [0.1, 0.15) is 5.52 Å². The van der Waals surface area contributed by atoms with Crippen LogP contribution in [0.1, 0.15) is 31.6 Å². The van der Waals surface area contributed by atoms with Crippen molar-refractivity contribution in [1.82, 2.24) is 10.3 Å². The lowest BCUT2D eigenvalue weighted by molar-refractivity contribution is -0.116. The average molecular weight is 368 g/mol. The number of carbonyl (C=O) groups is 1. The number of benzene rings is 1. The van der Waals surface area contributed by atoms with Crippen molar-refractivity contribution in [3.05, 3.63) is 24.1 Å². The standard InChI is InChI=1S/C18H25N3O3.ClH/c1-23-11-8-18-21-15-12-14(3-4-16(15)24-18)20-17(22)5-2-13-6-9-19-10-7-13;/h3-4,12-13,19H,2,5-11H2,1H3,(H,20,22);1H. The van der Waals surface area contributed by atoms with Crippen LogP contribution in [0.5, 0.6) is 0 Å². The zero-order valence-electron chi connectivity index (χ0n) is 14.5. The molecule has 0 atom stereocenters. The van der Waals surface area contributed by atoms with Gasteiger partial charge in [0.15, 0.2) is 11.5 Å². The summed E-state index contributed by atoms with van der Waals surface area (Å²) in [5, 5.41) is 6.31. The third kappa shape index (κ3) is 5.70. The molecule has 0 spiro atoms. The van der Waals surface area contributed by atoms with Crippen molar-refractivity contribution in [2.24, 2.45) is 5.92 Å². The number of hydrogen-bond acceptors (Lipinski definition) is 5. The Morgan fingerprint density at radius 1 is 1.40 bits per heavy atom. The predicted molar refractivity (Wildman–Crippen MR) is 100 cm³/mol. The normalized spacial score (nSPS) is 15.1. The number of methoxy groups -OCH3 is 1. The Kier molecular flexibility index (Phi) is 7.68. The summed E-state index contributed by atoms with van der Waals surface area (Å²) in [5.74, 6) is 1.38. The molecule has 2 heterocycles. The van der Waals surface area contributed by atoms with E-state index < -0.39 is 0 Å². The number of nitrogens with zero attached hydrogens (tertiary/aromatic N) is 1. The lowest BCUT2D eigenvalue weighted by Gasteiger charge is -2.22. The molecule has 138 valence electrons. The van der Waals surface area contributed by atoms with Crippen LogP contribution in [0.15, 0.2) is 22.6 Å². The molecule has 0 unspecified atom stereocenters. The summed E-state index contributed by atoms with van der Waals surface area (Å²) >= 11 is 0. The summed E-state index contributed by atoms with van der Waals surface area (Å²) in [6.07, 6.45) is 4.51. The Balaban J connectivity index is 0.00000225. The van der Waals surface area contributed by atoms with Gasteiger partial charge >= 0.3 is 0 Å². The van der Waals surface area contributed by atoms with Crippen LogP contribution in [0.3, 0.4) is 0 Å². The number of oxazole rings is 1. The fourth-order valence-corrected chi connectivity index (χ4v) is 3.08. The summed E-state index contributed by atoms with van der Waals surface area (Å²) in [6, 6.07) is 5.56. The van der Waals surface area contributed by atoms with Crippen molar-refractivity contribution in [1.29, 1.82) is 0 Å². The van der Waals surface area contributed by atoms with Crippen LogP contribution < -0.4 is 10.6 Å². The number of rotatable bonds is 7. The molecule has 1 aromatic carbocycles. The van der Waals surface area contributed by atoms with E-state index in [1.54, 1.807) is 7.11 Å². The smallest absolute Gasteiger partial charge is 0.224 e. The van der Waals surface area contributed by atoms with E-state index in [0.717, 1.165) is 36.3 Å². The van der Waals surface area contributed by atoms with E-state index in [4.69, 9.17) is 9.15 Å². The number of hydrogen-bond donors (Lipinski definition) is 2. The molecule has 0 saturated carbocycles. The van der Waals surface area contributed by atoms with E-state index in [1.165, 1.54) is 12.8 Å². The van der Waals surface area contributed by atoms with Crippen molar-refractivity contribution in [2.75, 3.05) is 32.1 Å². The van der Waals surface area contributed by atoms with E-state index in [1.807, 2.05) is 18.2 Å². The maximum atomic E-state index is 12.2. The molecule has 1 aliphatic heterocycles. The molecule has 0 radical (unpaired) electrons. The fourth-order valence-electron chi connectivity index (χ4n) is 3.08. The van der Waals surface area contributed by atoms with Crippen LogP contribution in [0, 0.1) is 5.92 Å². The summed E-state index contributed by atoms with van der Waals surface area (Å²) in [7, 11) is 1.65. The molecule has 6 nitrogen and oxygen atoms in total. The number of fused-ring (bicyclic) bond motifs is 1. The van der Waals surface area contributed by atoms with Crippen molar-refractivity contribution in [3.63, 3.8) is 0 Å². The summed E-state index contributed by atoms with van der Waals surface area (Å²) in [6.45, 7) is 2.72. The topological polar surface area (TPSA) is 76.4 Å². The van der Waals surface area contributed by atoms with Gasteiger partial charge in [-0.2, -0.15) is 0 Å². The number of carbonyl (C=O) groups excluding carboxylic acids is 1. The van der Waals surface area contributed by atoms with Crippen LogP contribution in [0.25, 0.3) is 11.1 Å². The molecule has 1 aliphatic rings. The molecule has 2 N–H and O–H groups in total. The van der Waals surface area contributed by atoms with E-state index in [-0.39, 0.29) is 18.3 Å². The van der Waals surface area contributed by atoms with E-state index >= 15 is 0 Å². The second-order valence-corrected chi connectivity index (χ2v) is 6.31. The largest absolute Gasteiger partial charge is 0.441 e. The number of ether oxygens (including phenoxy) is 1. The maximum Gasteiger partial charge on any atom is 0.224 e. The first-order valence-electron chi connectivity index (χ1n) is 8.63. The molecule has 1 fully saturated rings. The Labute approximate surface area is 154 Å². The van der Waals surface area contributed by atoms with Gasteiger partial charge in [-0.05, 0) is 56.5 Å². The Morgan fingerprint density at radius 2 is 2.20 bits per heavy atom. The summed E-state index contributed by atoms with van der Waals surface area (Å²) in [5.41, 5.74) is 2.26. The molecule has 1 saturated heterocycles. The minimum atomic E-state index is 0. The van der Waals surface area contributed by atoms with Gasteiger partial charge in [-0.25, -0.2) is 4.98 Å². The van der Waals surface area contributed by atoms with Crippen molar-refractivity contribution >= 4 is 35.1 Å². The van der Waals surface area contributed by atoms with Gasteiger partial charge in [-0.3, -0.25) is 4.79 Å². The van der Waals surface area contributed by atoms with Crippen molar-refractivity contribution in [3.8, 4) is 0 Å². The molecular weight excluding hydrogens is 342 g/mol. The molecule has 7 heteroatoms. The van der Waals surface area contributed by atoms with Crippen molar-refractivity contribution in [2.45, 2.75) is 32.1 Å². The third-order valence-corrected chi connectivity index (χ3v) is 4.47. The average Bonchev–Trinajstić information content (AvgIpc) is 3.01. The Morgan fingerprint density at radius 3 is 2.96 bits per heavy atom. The van der Waals surface area contributed by atoms with Crippen LogP contribution in [-0.2, 0) is 16.0 Å². The molecule has 0 bridgehead atoms. The molecule has 0 aliphatic carbocycles. The van der Waals surface area contributed by atoms with Gasteiger partial charge in [0.25, 0.3) is 0 Å². The zero-order chi connectivity index (χ0) is 16.8. The number of nitrogens with one attached hydrogen (secondary N) is 2. The number of halogens is 1. The van der Waals surface area contributed by atoms with Gasteiger partial charge in [0.2, 0.25) is 5.91 Å². The Bertz CT molecular complexity index is 683. The van der Waals surface area contributed by atoms with Crippen LogP contribution >= 0.6 is 12.4 Å². The van der Waals surface area contributed by atoms with Gasteiger partial charge in [-0.1, -0.05) is 0 Å². The van der Waals surface area contributed by atoms with Gasteiger partial charge in [0, 0.05) is 25.6 Å². The monoisotopic (exact) mass is 367 g/mol. The van der Waals surface area contributed by atoms with Crippen molar-refractivity contribution < 1.29 is 13.9 Å². The van der Waals surface area contributed by atoms with Crippen LogP contribution in [-0.4, -0.2) is 37.7 Å². The quantitative estimate of drug-likeness (QED) is 0.786. The second-order valence-electron chi connectivity index (χ2n) is 6.31. The van der Waals surface area contributed by atoms with Gasteiger partial charge in [-0.15, -0.1) is 12.4 Å². The highest BCUT2D eigenvalue weighted by Gasteiger charge is 2.15. The first kappa shape index (κ1) is 19.7. The number of amides is 1. The molecule has 25 heavy (non-hydrogen) atoms. The minimum absolute atomic E-state index is 0. The highest BCUT2D eigenvalue weighted by Crippen LogP contribution is 2.22. The molecule has 1 amide bonds. The number of aromatic nitrogens is 1. The molecule has 2 aromatic rings. The Hall–Kier alpha value is -1.63. The van der Waals surface area contributed by atoms with E-state index in [2.05, 4.69) is 15.6 Å². The van der Waals surface area contributed by atoms with Gasteiger partial charge in [0.05, 0.1) is 6.61 Å². The molecule has 1 aromatic heterocycles. The first-order valence-corrected chi connectivity index (χ1v) is 8.63. The van der Waals surface area contributed by atoms with E-state index in [9.17, 15) is 4.79 Å². The highest BCUT2D eigenvalue weighted by molar-refractivity contribution is 5.92. The third-order valence-electron chi connectivity index (χ3n) is 4.47. The summed E-state index contributed by atoms with van der Waals surface area (Å²) < 4.78 is 10.7. The van der Waals surface area contributed by atoms with Crippen LogP contribution in [0.4, 0.5) is 5.69 Å². The lowest BCUT2D eigenvalue weighted by atomic mass is 9.93. The highest BCUT2D eigenvalue weighted by atomic mass is 35.5. The SMILES string of the molecule is COCCc1nc2cc(NC(=O)CCC3CCNCC3)ccc2o1.Cl. The summed E-state index contributed by atoms with van der Waals surface area (Å²) in [4.78, 5) is 16.6. The fraction of sp³-hybridized carbons (Fsp3) is 0.556.